The quantitative estimate of drug-likeness (QED) is 0.666. The number of hydrogen-bond donors (Lipinski definition) is 3. The van der Waals surface area contributed by atoms with Gasteiger partial charge in [-0.05, 0) is 49.4 Å². The minimum atomic E-state index is -0.343. The number of urea groups is 1. The summed E-state index contributed by atoms with van der Waals surface area (Å²) in [5.41, 5.74) is 2.58. The van der Waals surface area contributed by atoms with Gasteiger partial charge in [-0.1, -0.05) is 0 Å². The fourth-order valence-electron chi connectivity index (χ4n) is 2.56. The molecule has 0 aliphatic carbocycles. The highest BCUT2D eigenvalue weighted by Crippen LogP contribution is 2.29. The molecule has 1 heterocycles. The lowest BCUT2D eigenvalue weighted by molar-refractivity contribution is 0.0998. The highest BCUT2D eigenvalue weighted by molar-refractivity contribution is 6.06. The van der Waals surface area contributed by atoms with Crippen LogP contribution in [0.15, 0.2) is 46.9 Å². The van der Waals surface area contributed by atoms with Crippen LogP contribution in [0.25, 0.3) is 11.0 Å². The summed E-state index contributed by atoms with van der Waals surface area (Å²) in [6.07, 6.45) is 0. The summed E-state index contributed by atoms with van der Waals surface area (Å²) in [5, 5.41) is 8.74. The standard InChI is InChI=1S/C19H19N3O4/c1-11-15-10-14(25-3)8-9-16(15)26-17(11)18(23)21-12-4-6-13(7-5-12)22-19(24)20-2/h4-10H,1-3H3,(H,21,23)(H2,20,22,24). The van der Waals surface area contributed by atoms with Gasteiger partial charge in [0.1, 0.15) is 11.3 Å². The third kappa shape index (κ3) is 3.46. The lowest BCUT2D eigenvalue weighted by atomic mass is 10.1. The van der Waals surface area contributed by atoms with E-state index in [1.807, 2.05) is 13.0 Å². The zero-order valence-electron chi connectivity index (χ0n) is 14.7. The van der Waals surface area contributed by atoms with Gasteiger partial charge in [0.2, 0.25) is 0 Å². The molecule has 3 aromatic rings. The predicted octanol–water partition coefficient (Wildman–Crippen LogP) is 3.75. The number of hydrogen-bond acceptors (Lipinski definition) is 4. The van der Waals surface area contributed by atoms with Crippen LogP contribution in [0.4, 0.5) is 16.2 Å². The Morgan fingerprint density at radius 1 is 1.00 bits per heavy atom. The zero-order valence-corrected chi connectivity index (χ0v) is 14.7. The molecule has 0 radical (unpaired) electrons. The molecule has 3 rings (SSSR count). The molecule has 7 nitrogen and oxygen atoms in total. The van der Waals surface area contributed by atoms with Crippen molar-refractivity contribution in [1.82, 2.24) is 5.32 Å². The molecule has 0 aliphatic rings. The maximum Gasteiger partial charge on any atom is 0.318 e. The summed E-state index contributed by atoms with van der Waals surface area (Å²) in [7, 11) is 3.13. The predicted molar refractivity (Wildman–Crippen MR) is 100.0 cm³/mol. The molecule has 3 N–H and O–H groups in total. The van der Waals surface area contributed by atoms with Gasteiger partial charge in [-0.25, -0.2) is 4.79 Å². The van der Waals surface area contributed by atoms with E-state index in [0.717, 1.165) is 10.9 Å². The van der Waals surface area contributed by atoms with Crippen LogP contribution >= 0.6 is 0 Å². The molecule has 2 aromatic carbocycles. The van der Waals surface area contributed by atoms with E-state index in [-0.39, 0.29) is 17.7 Å². The molecular formula is C19H19N3O4. The minimum Gasteiger partial charge on any atom is -0.497 e. The summed E-state index contributed by atoms with van der Waals surface area (Å²) in [4.78, 5) is 23.8. The van der Waals surface area contributed by atoms with Crippen molar-refractivity contribution in [2.24, 2.45) is 0 Å². The van der Waals surface area contributed by atoms with E-state index < -0.39 is 0 Å². The largest absolute Gasteiger partial charge is 0.497 e. The molecule has 0 aliphatic heterocycles. The van der Waals surface area contributed by atoms with E-state index in [4.69, 9.17) is 9.15 Å². The molecule has 7 heteroatoms. The summed E-state index contributed by atoms with van der Waals surface area (Å²) in [6, 6.07) is 11.9. The molecule has 0 saturated carbocycles. The van der Waals surface area contributed by atoms with Crippen molar-refractivity contribution in [3.05, 3.63) is 53.8 Å². The van der Waals surface area contributed by atoms with E-state index in [2.05, 4.69) is 16.0 Å². The van der Waals surface area contributed by atoms with Gasteiger partial charge in [0.25, 0.3) is 5.91 Å². The number of anilines is 2. The van der Waals surface area contributed by atoms with Crippen LogP contribution in [-0.2, 0) is 0 Å². The van der Waals surface area contributed by atoms with Gasteiger partial charge in [0, 0.05) is 29.4 Å². The number of rotatable bonds is 4. The van der Waals surface area contributed by atoms with Gasteiger partial charge >= 0.3 is 6.03 Å². The average Bonchev–Trinajstić information content (AvgIpc) is 2.99. The monoisotopic (exact) mass is 353 g/mol. The molecule has 0 fully saturated rings. The second-order valence-electron chi connectivity index (χ2n) is 5.65. The second-order valence-corrected chi connectivity index (χ2v) is 5.65. The van der Waals surface area contributed by atoms with Crippen molar-refractivity contribution in [2.75, 3.05) is 24.8 Å². The Kier molecular flexibility index (Phi) is 4.79. The normalized spacial score (nSPS) is 10.4. The Bertz CT molecular complexity index is 961. The number of fused-ring (bicyclic) bond motifs is 1. The number of methoxy groups -OCH3 is 1. The van der Waals surface area contributed by atoms with Crippen LogP contribution in [0, 0.1) is 6.92 Å². The van der Waals surface area contributed by atoms with Crippen molar-refractivity contribution >= 4 is 34.3 Å². The molecule has 0 unspecified atom stereocenters. The van der Waals surface area contributed by atoms with Gasteiger partial charge in [0.05, 0.1) is 7.11 Å². The Balaban J connectivity index is 1.78. The third-order valence-corrected chi connectivity index (χ3v) is 3.98. The van der Waals surface area contributed by atoms with Crippen LogP contribution in [0.5, 0.6) is 5.75 Å². The smallest absolute Gasteiger partial charge is 0.318 e. The van der Waals surface area contributed by atoms with Crippen molar-refractivity contribution in [2.45, 2.75) is 6.92 Å². The minimum absolute atomic E-state index is 0.251. The Labute approximate surface area is 150 Å². The first kappa shape index (κ1) is 17.3. The molecule has 0 saturated heterocycles. The number of aryl methyl sites for hydroxylation is 1. The van der Waals surface area contributed by atoms with Crippen LogP contribution < -0.4 is 20.7 Å². The molecule has 3 amide bonds. The highest BCUT2D eigenvalue weighted by Gasteiger charge is 2.18. The van der Waals surface area contributed by atoms with Gasteiger partial charge in [0.15, 0.2) is 5.76 Å². The summed E-state index contributed by atoms with van der Waals surface area (Å²) < 4.78 is 10.9. The van der Waals surface area contributed by atoms with Gasteiger partial charge in [-0.2, -0.15) is 0 Å². The first-order valence-electron chi connectivity index (χ1n) is 7.99. The van der Waals surface area contributed by atoms with Crippen molar-refractivity contribution in [3.8, 4) is 5.75 Å². The Morgan fingerprint density at radius 3 is 2.27 bits per heavy atom. The fraction of sp³-hybridized carbons (Fsp3) is 0.158. The SMILES string of the molecule is CNC(=O)Nc1ccc(NC(=O)c2oc3ccc(OC)cc3c2C)cc1. The third-order valence-electron chi connectivity index (χ3n) is 3.98. The van der Waals surface area contributed by atoms with Crippen LogP contribution in [0.3, 0.4) is 0 Å². The summed E-state index contributed by atoms with van der Waals surface area (Å²) >= 11 is 0. The van der Waals surface area contributed by atoms with E-state index in [1.165, 1.54) is 7.05 Å². The van der Waals surface area contributed by atoms with Crippen molar-refractivity contribution in [1.29, 1.82) is 0 Å². The van der Waals surface area contributed by atoms with Gasteiger partial charge < -0.3 is 25.1 Å². The fourth-order valence-corrected chi connectivity index (χ4v) is 2.56. The maximum absolute atomic E-state index is 12.6. The number of benzene rings is 2. The molecule has 1 aromatic heterocycles. The van der Waals surface area contributed by atoms with Crippen LogP contribution in [0.2, 0.25) is 0 Å². The number of amides is 3. The molecule has 0 spiro atoms. The number of carbonyl (C=O) groups is 2. The molecule has 0 atom stereocenters. The maximum atomic E-state index is 12.6. The van der Waals surface area contributed by atoms with E-state index in [0.29, 0.717) is 22.7 Å². The Hall–Kier alpha value is -3.48. The van der Waals surface area contributed by atoms with Crippen LogP contribution in [-0.4, -0.2) is 26.1 Å². The molecular weight excluding hydrogens is 334 g/mol. The highest BCUT2D eigenvalue weighted by atomic mass is 16.5. The number of nitrogens with one attached hydrogen (secondary N) is 3. The lowest BCUT2D eigenvalue weighted by Gasteiger charge is -2.07. The summed E-state index contributed by atoms with van der Waals surface area (Å²) in [5.74, 6) is 0.609. The number of carbonyl (C=O) groups excluding carboxylic acids is 2. The molecule has 26 heavy (non-hydrogen) atoms. The molecule has 134 valence electrons. The Morgan fingerprint density at radius 2 is 1.65 bits per heavy atom. The topological polar surface area (TPSA) is 92.6 Å². The summed E-state index contributed by atoms with van der Waals surface area (Å²) in [6.45, 7) is 1.83. The van der Waals surface area contributed by atoms with Gasteiger partial charge in [-0.15, -0.1) is 0 Å². The zero-order chi connectivity index (χ0) is 18.7. The van der Waals surface area contributed by atoms with E-state index >= 15 is 0 Å². The number of ether oxygens (including phenoxy) is 1. The first-order chi connectivity index (χ1) is 12.5. The number of furan rings is 1. The second kappa shape index (κ2) is 7.18. The van der Waals surface area contributed by atoms with E-state index in [9.17, 15) is 9.59 Å². The van der Waals surface area contributed by atoms with Crippen molar-refractivity contribution < 1.29 is 18.7 Å². The lowest BCUT2D eigenvalue weighted by Crippen LogP contribution is -2.24. The van der Waals surface area contributed by atoms with Crippen LogP contribution in [0.1, 0.15) is 16.1 Å². The van der Waals surface area contributed by atoms with Crippen molar-refractivity contribution in [3.63, 3.8) is 0 Å². The van der Waals surface area contributed by atoms with E-state index in [1.54, 1.807) is 43.5 Å². The average molecular weight is 353 g/mol. The first-order valence-corrected chi connectivity index (χ1v) is 7.99. The van der Waals surface area contributed by atoms with Gasteiger partial charge in [-0.3, -0.25) is 4.79 Å². The molecule has 0 bridgehead atoms.